The van der Waals surface area contributed by atoms with Gasteiger partial charge in [-0.1, -0.05) is 56.3 Å². The molecule has 2 aliphatic rings. The number of carboxylic acid groups (broad SMARTS) is 1. The molecular formula is C31H31F4NO2. The lowest BCUT2D eigenvalue weighted by Gasteiger charge is -2.42. The summed E-state index contributed by atoms with van der Waals surface area (Å²) in [7, 11) is 0. The highest BCUT2D eigenvalue weighted by molar-refractivity contribution is 5.89. The lowest BCUT2D eigenvalue weighted by molar-refractivity contribution is -0.140. The molecule has 1 aliphatic carbocycles. The smallest absolute Gasteiger partial charge is 0.416 e. The zero-order chi connectivity index (χ0) is 27.3. The van der Waals surface area contributed by atoms with Gasteiger partial charge in [-0.05, 0) is 96.3 Å². The van der Waals surface area contributed by atoms with Crippen molar-refractivity contribution in [2.45, 2.75) is 57.2 Å². The Kier molecular flexibility index (Phi) is 6.62. The predicted octanol–water partition coefficient (Wildman–Crippen LogP) is 7.84. The number of rotatable bonds is 6. The van der Waals surface area contributed by atoms with E-state index in [4.69, 9.17) is 0 Å². The maximum Gasteiger partial charge on any atom is 0.416 e. The SMILES string of the molecule is CC1(C)CCN(C(c2ccc(F)cc2)c2cccc(C3(C(=O)O)CC3)c2-c2ccc(C(F)(F)F)cc2)CC1. The molecule has 0 aromatic heterocycles. The van der Waals surface area contributed by atoms with Gasteiger partial charge in [0.2, 0.25) is 0 Å². The lowest BCUT2D eigenvalue weighted by atomic mass is 9.79. The monoisotopic (exact) mass is 525 g/mol. The Balaban J connectivity index is 1.72. The van der Waals surface area contributed by atoms with E-state index in [1.54, 1.807) is 18.2 Å². The summed E-state index contributed by atoms with van der Waals surface area (Å²) in [6, 6.07) is 16.5. The summed E-state index contributed by atoms with van der Waals surface area (Å²) in [5, 5.41) is 10.2. The third-order valence-electron chi connectivity index (χ3n) is 8.27. The summed E-state index contributed by atoms with van der Waals surface area (Å²) in [5.74, 6) is -1.28. The van der Waals surface area contributed by atoms with Crippen LogP contribution in [0.15, 0.2) is 66.7 Å². The van der Waals surface area contributed by atoms with Crippen molar-refractivity contribution < 1.29 is 27.5 Å². The second-order valence-electron chi connectivity index (χ2n) is 11.4. The van der Waals surface area contributed by atoms with Crippen molar-refractivity contribution in [3.63, 3.8) is 0 Å². The molecule has 200 valence electrons. The normalized spacial score (nSPS) is 19.6. The number of likely N-dealkylation sites (tertiary alicyclic amines) is 1. The molecule has 5 rings (SSSR count). The van der Waals surface area contributed by atoms with E-state index in [-0.39, 0.29) is 17.3 Å². The molecule has 7 heteroatoms. The first-order valence-electron chi connectivity index (χ1n) is 13.0. The van der Waals surface area contributed by atoms with Crippen LogP contribution in [0.25, 0.3) is 11.1 Å². The summed E-state index contributed by atoms with van der Waals surface area (Å²) in [6.45, 7) is 6.04. The Hall–Kier alpha value is -3.19. The average molecular weight is 526 g/mol. The third-order valence-corrected chi connectivity index (χ3v) is 8.27. The number of carboxylic acids is 1. The standard InChI is InChI=1S/C31H31F4NO2/c1-29(2)16-18-36(19-17-29)27(21-8-12-23(32)13-9-21)24-4-3-5-25(30(14-15-30)28(37)38)26(24)20-6-10-22(11-7-20)31(33,34)35/h3-13,27H,14-19H2,1-2H3,(H,37,38). The number of aliphatic carboxylic acids is 1. The summed E-state index contributed by atoms with van der Waals surface area (Å²) < 4.78 is 54.0. The molecule has 38 heavy (non-hydrogen) atoms. The molecule has 1 aliphatic heterocycles. The maximum absolute atomic E-state index is 13.9. The van der Waals surface area contributed by atoms with E-state index in [0.717, 1.165) is 49.2 Å². The molecule has 0 spiro atoms. The molecule has 2 fully saturated rings. The van der Waals surface area contributed by atoms with Gasteiger partial charge in [0, 0.05) is 0 Å². The lowest BCUT2D eigenvalue weighted by Crippen LogP contribution is -2.40. The zero-order valence-electron chi connectivity index (χ0n) is 21.5. The molecule has 0 bridgehead atoms. The van der Waals surface area contributed by atoms with E-state index in [0.29, 0.717) is 29.5 Å². The zero-order valence-corrected chi connectivity index (χ0v) is 21.5. The third kappa shape index (κ3) is 4.96. The van der Waals surface area contributed by atoms with Crippen LogP contribution in [0, 0.1) is 11.2 Å². The van der Waals surface area contributed by atoms with Crippen LogP contribution in [-0.2, 0) is 16.4 Å². The largest absolute Gasteiger partial charge is 0.481 e. The van der Waals surface area contributed by atoms with Crippen LogP contribution in [-0.4, -0.2) is 29.1 Å². The second kappa shape index (κ2) is 9.53. The molecule has 3 nitrogen and oxygen atoms in total. The van der Waals surface area contributed by atoms with Gasteiger partial charge in [-0.25, -0.2) is 4.39 Å². The van der Waals surface area contributed by atoms with Crippen LogP contribution in [0.1, 0.15) is 67.8 Å². The molecule has 3 aromatic rings. The molecular weight excluding hydrogens is 494 g/mol. The maximum atomic E-state index is 13.9. The molecule has 1 heterocycles. The van der Waals surface area contributed by atoms with Gasteiger partial charge in [0.25, 0.3) is 0 Å². The number of hydrogen-bond acceptors (Lipinski definition) is 2. The van der Waals surface area contributed by atoms with E-state index in [9.17, 15) is 27.5 Å². The Bertz CT molecular complexity index is 1320. The average Bonchev–Trinajstić information content (AvgIpc) is 3.68. The Morgan fingerprint density at radius 2 is 1.50 bits per heavy atom. The fourth-order valence-corrected chi connectivity index (χ4v) is 5.69. The van der Waals surface area contributed by atoms with Crippen molar-refractivity contribution in [3.05, 3.63) is 94.8 Å². The first kappa shape index (κ1) is 26.4. The van der Waals surface area contributed by atoms with Crippen LogP contribution in [0.3, 0.4) is 0 Å². The van der Waals surface area contributed by atoms with Gasteiger partial charge in [-0.2, -0.15) is 13.2 Å². The van der Waals surface area contributed by atoms with E-state index < -0.39 is 23.1 Å². The molecule has 0 radical (unpaired) electrons. The Labute approximate surface area is 220 Å². The van der Waals surface area contributed by atoms with Crippen molar-refractivity contribution in [2.75, 3.05) is 13.1 Å². The fourth-order valence-electron chi connectivity index (χ4n) is 5.69. The summed E-state index contributed by atoms with van der Waals surface area (Å²) in [4.78, 5) is 14.7. The number of carbonyl (C=O) groups is 1. The van der Waals surface area contributed by atoms with Crippen molar-refractivity contribution in [2.24, 2.45) is 5.41 Å². The molecule has 1 saturated heterocycles. The highest BCUT2D eigenvalue weighted by atomic mass is 19.4. The molecule has 1 atom stereocenters. The van der Waals surface area contributed by atoms with Crippen LogP contribution < -0.4 is 0 Å². The summed E-state index contributed by atoms with van der Waals surface area (Å²) >= 11 is 0. The van der Waals surface area contributed by atoms with Gasteiger partial charge in [-0.3, -0.25) is 9.69 Å². The van der Waals surface area contributed by atoms with Crippen LogP contribution in [0.2, 0.25) is 0 Å². The molecule has 0 amide bonds. The van der Waals surface area contributed by atoms with E-state index in [2.05, 4.69) is 18.7 Å². The summed E-state index contributed by atoms with van der Waals surface area (Å²) in [6.07, 6.45) is -1.62. The van der Waals surface area contributed by atoms with Crippen LogP contribution >= 0.6 is 0 Å². The van der Waals surface area contributed by atoms with Crippen molar-refractivity contribution in [3.8, 4) is 11.1 Å². The van der Waals surface area contributed by atoms with Crippen molar-refractivity contribution in [1.29, 1.82) is 0 Å². The number of piperidine rings is 1. The summed E-state index contributed by atoms with van der Waals surface area (Å²) in [5.41, 5.74) is 1.85. The van der Waals surface area contributed by atoms with E-state index in [1.807, 2.05) is 12.1 Å². The van der Waals surface area contributed by atoms with E-state index >= 15 is 0 Å². The van der Waals surface area contributed by atoms with Crippen molar-refractivity contribution in [1.82, 2.24) is 4.90 Å². The van der Waals surface area contributed by atoms with Gasteiger partial charge in [0.1, 0.15) is 5.82 Å². The van der Waals surface area contributed by atoms with Gasteiger partial charge in [0.05, 0.1) is 17.0 Å². The molecule has 1 unspecified atom stereocenters. The Morgan fingerprint density at radius 3 is 2.03 bits per heavy atom. The number of hydrogen-bond donors (Lipinski definition) is 1. The minimum atomic E-state index is -4.48. The quantitative estimate of drug-likeness (QED) is 0.333. The first-order valence-corrected chi connectivity index (χ1v) is 13.0. The number of benzene rings is 3. The Morgan fingerprint density at radius 1 is 0.895 bits per heavy atom. The number of halogens is 4. The molecule has 1 N–H and O–H groups in total. The molecule has 1 saturated carbocycles. The molecule has 3 aromatic carbocycles. The van der Waals surface area contributed by atoms with Gasteiger partial charge in [0.15, 0.2) is 0 Å². The highest BCUT2D eigenvalue weighted by Gasteiger charge is 2.53. The number of nitrogens with zero attached hydrogens (tertiary/aromatic N) is 1. The first-order chi connectivity index (χ1) is 17.9. The predicted molar refractivity (Wildman–Crippen MR) is 138 cm³/mol. The fraction of sp³-hybridized carbons (Fsp3) is 0.387. The van der Waals surface area contributed by atoms with E-state index in [1.165, 1.54) is 24.3 Å². The minimum absolute atomic E-state index is 0.184. The number of alkyl halides is 3. The van der Waals surface area contributed by atoms with Crippen LogP contribution in [0.4, 0.5) is 17.6 Å². The highest BCUT2D eigenvalue weighted by Crippen LogP contribution is 2.53. The van der Waals surface area contributed by atoms with Crippen molar-refractivity contribution >= 4 is 5.97 Å². The minimum Gasteiger partial charge on any atom is -0.481 e. The second-order valence-corrected chi connectivity index (χ2v) is 11.4. The van der Waals surface area contributed by atoms with Gasteiger partial charge in [-0.15, -0.1) is 0 Å². The topological polar surface area (TPSA) is 40.5 Å². The van der Waals surface area contributed by atoms with Gasteiger partial charge >= 0.3 is 12.1 Å². The van der Waals surface area contributed by atoms with Crippen LogP contribution in [0.5, 0.6) is 0 Å². The van der Waals surface area contributed by atoms with Gasteiger partial charge < -0.3 is 5.11 Å².